The Bertz CT molecular complexity index is 581. The highest BCUT2D eigenvalue weighted by atomic mass is 16.5. The number of aryl methyl sites for hydroxylation is 1. The Morgan fingerprint density at radius 2 is 2.24 bits per heavy atom. The Morgan fingerprint density at radius 1 is 1.33 bits per heavy atom. The second kappa shape index (κ2) is 6.37. The molecule has 0 spiro atoms. The molecule has 3 heterocycles. The van der Waals surface area contributed by atoms with Crippen LogP contribution in [0.25, 0.3) is 0 Å². The first-order valence-electron chi connectivity index (χ1n) is 7.51. The van der Waals surface area contributed by atoms with Gasteiger partial charge in [-0.05, 0) is 19.1 Å². The lowest BCUT2D eigenvalue weighted by Gasteiger charge is -2.35. The van der Waals surface area contributed by atoms with Crippen LogP contribution in [-0.4, -0.2) is 39.2 Å². The minimum atomic E-state index is 0.253. The number of pyridine rings is 1. The van der Waals surface area contributed by atoms with E-state index in [-0.39, 0.29) is 6.04 Å². The molecule has 0 unspecified atom stereocenters. The summed E-state index contributed by atoms with van der Waals surface area (Å²) < 4.78 is 7.85. The fourth-order valence-electron chi connectivity index (χ4n) is 2.99. The molecule has 5 nitrogen and oxygen atoms in total. The Balaban J connectivity index is 1.84. The number of hydrogen-bond acceptors (Lipinski definition) is 4. The largest absolute Gasteiger partial charge is 0.380 e. The molecule has 1 aliphatic rings. The summed E-state index contributed by atoms with van der Waals surface area (Å²) >= 11 is 0. The fourth-order valence-corrected chi connectivity index (χ4v) is 2.99. The molecule has 112 valence electrons. The van der Waals surface area contributed by atoms with Gasteiger partial charge in [0.1, 0.15) is 0 Å². The van der Waals surface area contributed by atoms with Crippen molar-refractivity contribution in [3.8, 4) is 0 Å². The molecule has 0 radical (unpaired) electrons. The summed E-state index contributed by atoms with van der Waals surface area (Å²) in [5, 5.41) is 0. The zero-order valence-electron chi connectivity index (χ0n) is 12.7. The van der Waals surface area contributed by atoms with Crippen LogP contribution in [0.4, 0.5) is 0 Å². The number of aromatic nitrogens is 3. The highest BCUT2D eigenvalue weighted by Crippen LogP contribution is 2.30. The highest BCUT2D eigenvalue weighted by molar-refractivity contribution is 5.22. The van der Waals surface area contributed by atoms with Crippen molar-refractivity contribution < 1.29 is 4.74 Å². The van der Waals surface area contributed by atoms with Crippen LogP contribution in [0.1, 0.15) is 30.0 Å². The van der Waals surface area contributed by atoms with Gasteiger partial charge in [-0.15, -0.1) is 0 Å². The second-order valence-corrected chi connectivity index (χ2v) is 5.40. The highest BCUT2D eigenvalue weighted by Gasteiger charge is 2.30. The van der Waals surface area contributed by atoms with Crippen LogP contribution in [0.2, 0.25) is 0 Å². The van der Waals surface area contributed by atoms with Gasteiger partial charge in [-0.3, -0.25) is 9.88 Å². The number of hydrogen-bond donors (Lipinski definition) is 0. The van der Waals surface area contributed by atoms with E-state index in [9.17, 15) is 0 Å². The molecule has 0 aliphatic carbocycles. The smallest absolute Gasteiger partial charge is 0.0949 e. The van der Waals surface area contributed by atoms with Gasteiger partial charge in [0, 0.05) is 39.4 Å². The summed E-state index contributed by atoms with van der Waals surface area (Å²) in [7, 11) is 2.06. The van der Waals surface area contributed by atoms with Crippen molar-refractivity contribution in [3.63, 3.8) is 0 Å². The maximum Gasteiger partial charge on any atom is 0.0949 e. The Labute approximate surface area is 125 Å². The van der Waals surface area contributed by atoms with Crippen molar-refractivity contribution >= 4 is 0 Å². The van der Waals surface area contributed by atoms with Crippen LogP contribution in [0.5, 0.6) is 0 Å². The van der Waals surface area contributed by atoms with E-state index in [1.54, 1.807) is 0 Å². The summed E-state index contributed by atoms with van der Waals surface area (Å²) in [5.74, 6) is 0. The molecule has 0 amide bonds. The van der Waals surface area contributed by atoms with Crippen molar-refractivity contribution in [1.29, 1.82) is 0 Å². The third kappa shape index (κ3) is 2.99. The lowest BCUT2D eigenvalue weighted by Crippen LogP contribution is -2.38. The summed E-state index contributed by atoms with van der Waals surface area (Å²) in [5.41, 5.74) is 3.59. The first kappa shape index (κ1) is 14.2. The van der Waals surface area contributed by atoms with E-state index < -0.39 is 0 Å². The van der Waals surface area contributed by atoms with Crippen LogP contribution in [0.3, 0.4) is 0 Å². The van der Waals surface area contributed by atoms with E-state index >= 15 is 0 Å². The standard InChI is InChI=1S/C16H22N4O/c1-3-21-11-15-16-14(18-12-19(16)2)7-9-20(15)10-13-6-4-5-8-17-13/h4-6,8,12,15H,3,7,9-11H2,1-2H3/t15-/m0/s1. The monoisotopic (exact) mass is 286 g/mol. The Morgan fingerprint density at radius 3 is 3.00 bits per heavy atom. The molecule has 0 saturated carbocycles. The molecule has 1 atom stereocenters. The molecule has 0 N–H and O–H groups in total. The van der Waals surface area contributed by atoms with Crippen molar-refractivity contribution in [2.75, 3.05) is 19.8 Å². The fraction of sp³-hybridized carbons (Fsp3) is 0.500. The first-order chi connectivity index (χ1) is 10.3. The van der Waals surface area contributed by atoms with Gasteiger partial charge < -0.3 is 9.30 Å². The summed E-state index contributed by atoms with van der Waals surface area (Å²) in [6.07, 6.45) is 4.76. The summed E-state index contributed by atoms with van der Waals surface area (Å²) in [6.45, 7) is 5.33. The molecular formula is C16H22N4O. The maximum atomic E-state index is 5.72. The number of imidazole rings is 1. The molecule has 21 heavy (non-hydrogen) atoms. The van der Waals surface area contributed by atoms with Gasteiger partial charge in [-0.1, -0.05) is 6.07 Å². The van der Waals surface area contributed by atoms with Crippen LogP contribution >= 0.6 is 0 Å². The molecule has 5 heteroatoms. The predicted molar refractivity (Wildman–Crippen MR) is 80.8 cm³/mol. The summed E-state index contributed by atoms with van der Waals surface area (Å²) in [6, 6.07) is 6.33. The topological polar surface area (TPSA) is 43.2 Å². The lowest BCUT2D eigenvalue weighted by molar-refractivity contribution is 0.0513. The molecule has 1 aliphatic heterocycles. The van der Waals surface area contributed by atoms with E-state index in [0.29, 0.717) is 6.61 Å². The molecule has 0 aromatic carbocycles. The number of ether oxygens (including phenoxy) is 1. The second-order valence-electron chi connectivity index (χ2n) is 5.40. The van der Waals surface area contributed by atoms with Gasteiger partial charge in [0.2, 0.25) is 0 Å². The van der Waals surface area contributed by atoms with Crippen molar-refractivity contribution in [2.45, 2.75) is 25.9 Å². The number of fused-ring (bicyclic) bond motifs is 1. The normalized spacial score (nSPS) is 18.7. The molecule has 0 saturated heterocycles. The van der Waals surface area contributed by atoms with Gasteiger partial charge in [-0.25, -0.2) is 4.98 Å². The molecule has 0 fully saturated rings. The Kier molecular flexibility index (Phi) is 4.31. The third-order valence-electron chi connectivity index (χ3n) is 4.03. The number of rotatable bonds is 5. The quantitative estimate of drug-likeness (QED) is 0.842. The minimum absolute atomic E-state index is 0.253. The van der Waals surface area contributed by atoms with Gasteiger partial charge in [0.15, 0.2) is 0 Å². The van der Waals surface area contributed by atoms with Gasteiger partial charge in [-0.2, -0.15) is 0 Å². The van der Waals surface area contributed by atoms with Crippen LogP contribution in [0, 0.1) is 0 Å². The zero-order valence-corrected chi connectivity index (χ0v) is 12.7. The van der Waals surface area contributed by atoms with E-state index in [1.165, 1.54) is 11.4 Å². The van der Waals surface area contributed by atoms with E-state index in [2.05, 4.69) is 32.5 Å². The Hall–Kier alpha value is -1.72. The van der Waals surface area contributed by atoms with Crippen LogP contribution < -0.4 is 0 Å². The molecule has 3 rings (SSSR count). The molecule has 2 aromatic rings. The molecule has 2 aromatic heterocycles. The van der Waals surface area contributed by atoms with Crippen LogP contribution in [0.15, 0.2) is 30.7 Å². The van der Waals surface area contributed by atoms with E-state index in [4.69, 9.17) is 4.74 Å². The SMILES string of the molecule is CCOC[C@H]1c2c(ncn2C)CCN1Cc1ccccn1. The number of nitrogens with zero attached hydrogens (tertiary/aromatic N) is 4. The minimum Gasteiger partial charge on any atom is -0.380 e. The zero-order chi connectivity index (χ0) is 14.7. The molecule has 0 bridgehead atoms. The van der Waals surface area contributed by atoms with E-state index in [0.717, 1.165) is 31.8 Å². The summed E-state index contributed by atoms with van der Waals surface area (Å²) in [4.78, 5) is 11.4. The van der Waals surface area contributed by atoms with Crippen LogP contribution in [-0.2, 0) is 24.8 Å². The predicted octanol–water partition coefficient (Wildman–Crippen LogP) is 1.95. The van der Waals surface area contributed by atoms with Crippen molar-refractivity contribution in [1.82, 2.24) is 19.4 Å². The van der Waals surface area contributed by atoms with Gasteiger partial charge >= 0.3 is 0 Å². The van der Waals surface area contributed by atoms with Gasteiger partial charge in [0.05, 0.1) is 36.1 Å². The van der Waals surface area contributed by atoms with Crippen molar-refractivity contribution in [3.05, 3.63) is 47.8 Å². The average Bonchev–Trinajstić information content (AvgIpc) is 2.89. The van der Waals surface area contributed by atoms with E-state index in [1.807, 2.05) is 31.6 Å². The average molecular weight is 286 g/mol. The lowest BCUT2D eigenvalue weighted by atomic mass is 10.0. The maximum absolute atomic E-state index is 5.72. The third-order valence-corrected chi connectivity index (χ3v) is 4.03. The van der Waals surface area contributed by atoms with Crippen molar-refractivity contribution in [2.24, 2.45) is 7.05 Å². The first-order valence-corrected chi connectivity index (χ1v) is 7.51. The molecular weight excluding hydrogens is 264 g/mol. The van der Waals surface area contributed by atoms with Gasteiger partial charge in [0.25, 0.3) is 0 Å².